The molecule has 1 aliphatic rings. The second-order valence-corrected chi connectivity index (χ2v) is 6.18. The van der Waals surface area contributed by atoms with Gasteiger partial charge in [-0.2, -0.15) is 0 Å². The summed E-state index contributed by atoms with van der Waals surface area (Å²) in [5.41, 5.74) is 4.39. The van der Waals surface area contributed by atoms with Crippen LogP contribution in [-0.4, -0.2) is 16.7 Å². The Labute approximate surface area is 151 Å². The van der Waals surface area contributed by atoms with Crippen molar-refractivity contribution in [2.75, 3.05) is 0 Å². The van der Waals surface area contributed by atoms with Crippen LogP contribution in [0.5, 0.6) is 0 Å². The molecule has 0 unspecified atom stereocenters. The van der Waals surface area contributed by atoms with Gasteiger partial charge in [-0.05, 0) is 22.3 Å². The molecule has 0 spiro atoms. The number of Topliss-reactive ketones (excluding diaryl/α,β-unsaturated/α-hetero) is 1. The molecule has 26 heavy (non-hydrogen) atoms. The van der Waals surface area contributed by atoms with Crippen LogP contribution in [0.15, 0.2) is 96.2 Å². The number of benzene rings is 3. The van der Waals surface area contributed by atoms with E-state index in [2.05, 4.69) is 5.16 Å². The summed E-state index contributed by atoms with van der Waals surface area (Å²) in [7, 11) is 0. The maximum absolute atomic E-state index is 13.2. The van der Waals surface area contributed by atoms with Crippen molar-refractivity contribution in [3.8, 4) is 0 Å². The number of allylic oxidation sites excluding steroid dienone is 2. The lowest BCUT2D eigenvalue weighted by Crippen LogP contribution is -2.16. The topological polar surface area (TPSA) is 49.7 Å². The van der Waals surface area contributed by atoms with Crippen LogP contribution in [0.2, 0.25) is 0 Å². The van der Waals surface area contributed by atoms with E-state index in [9.17, 15) is 10.0 Å². The van der Waals surface area contributed by atoms with Crippen molar-refractivity contribution in [2.24, 2.45) is 5.16 Å². The van der Waals surface area contributed by atoms with Crippen LogP contribution in [0.25, 0.3) is 11.1 Å². The third kappa shape index (κ3) is 2.64. The number of nitrogens with zero attached hydrogens (tertiary/aromatic N) is 1. The normalized spacial score (nSPS) is 18.5. The van der Waals surface area contributed by atoms with Gasteiger partial charge in [0.2, 0.25) is 0 Å². The molecule has 1 N–H and O–H groups in total. The first-order valence-corrected chi connectivity index (χ1v) is 8.48. The van der Waals surface area contributed by atoms with Crippen molar-refractivity contribution in [1.29, 1.82) is 0 Å². The zero-order valence-electron chi connectivity index (χ0n) is 14.0. The molecule has 0 saturated carbocycles. The van der Waals surface area contributed by atoms with Crippen LogP contribution in [-0.2, 0) is 4.79 Å². The molecule has 0 fully saturated rings. The summed E-state index contributed by atoms with van der Waals surface area (Å²) in [6.45, 7) is 0. The van der Waals surface area contributed by atoms with Gasteiger partial charge in [0.25, 0.3) is 0 Å². The minimum atomic E-state index is -0.486. The number of rotatable bonds is 3. The summed E-state index contributed by atoms with van der Waals surface area (Å²) in [5.74, 6) is -0.670. The van der Waals surface area contributed by atoms with Crippen molar-refractivity contribution >= 4 is 22.6 Å². The van der Waals surface area contributed by atoms with E-state index in [0.29, 0.717) is 5.57 Å². The van der Waals surface area contributed by atoms with Crippen molar-refractivity contribution in [3.05, 3.63) is 108 Å². The lowest BCUT2D eigenvalue weighted by Gasteiger charge is -2.15. The van der Waals surface area contributed by atoms with Crippen LogP contribution in [0.4, 0.5) is 0 Å². The summed E-state index contributed by atoms with van der Waals surface area (Å²) in [4.78, 5) is 13.2. The Balaban J connectivity index is 2.04. The number of carbonyl (C=O) groups is 1. The van der Waals surface area contributed by atoms with Crippen molar-refractivity contribution < 1.29 is 10.0 Å². The summed E-state index contributed by atoms with van der Waals surface area (Å²) in [6, 6.07) is 29.1. The van der Waals surface area contributed by atoms with Gasteiger partial charge >= 0.3 is 0 Å². The van der Waals surface area contributed by atoms with E-state index in [1.165, 1.54) is 0 Å². The first-order valence-electron chi connectivity index (χ1n) is 8.48. The average Bonchev–Trinajstić information content (AvgIpc) is 3.02. The zero-order chi connectivity index (χ0) is 17.9. The minimum absolute atomic E-state index is 0.115. The summed E-state index contributed by atoms with van der Waals surface area (Å²) in [5, 5.41) is 13.0. The second kappa shape index (κ2) is 6.81. The van der Waals surface area contributed by atoms with E-state index in [1.54, 1.807) is 0 Å². The number of hydrogen-bond acceptors (Lipinski definition) is 3. The predicted molar refractivity (Wildman–Crippen MR) is 103 cm³/mol. The van der Waals surface area contributed by atoms with E-state index in [1.807, 2.05) is 91.0 Å². The third-order valence-electron chi connectivity index (χ3n) is 4.67. The summed E-state index contributed by atoms with van der Waals surface area (Å²) < 4.78 is 0. The fourth-order valence-electron chi connectivity index (χ4n) is 3.55. The van der Waals surface area contributed by atoms with Gasteiger partial charge in [-0.25, -0.2) is 0 Å². The van der Waals surface area contributed by atoms with E-state index >= 15 is 0 Å². The Morgan fingerprint density at radius 1 is 0.692 bits per heavy atom. The highest BCUT2D eigenvalue weighted by Crippen LogP contribution is 2.45. The smallest absolute Gasteiger partial charge is 0.197 e. The lowest BCUT2D eigenvalue weighted by atomic mass is 9.86. The van der Waals surface area contributed by atoms with E-state index < -0.39 is 5.92 Å². The maximum atomic E-state index is 13.2. The fraction of sp³-hybridized carbons (Fsp3) is 0.0435. The standard InChI is InChI=1S/C23H17NO2/c25-23-21(18-14-8-3-9-15-18)19(16-10-4-1-5-11-16)20(22(23)24-26)17-12-6-2-7-13-17/h1-15,21,26H/b24-22+/t21-/m1/s1. The van der Waals surface area contributed by atoms with Crippen LogP contribution < -0.4 is 0 Å². The van der Waals surface area contributed by atoms with E-state index in [-0.39, 0.29) is 11.5 Å². The Morgan fingerprint density at radius 2 is 1.19 bits per heavy atom. The molecule has 126 valence electrons. The molecule has 0 radical (unpaired) electrons. The SMILES string of the molecule is O=C1/C(=N/O)C(c2ccccc2)=C(c2ccccc2)[C@H]1c1ccccc1. The van der Waals surface area contributed by atoms with Gasteiger partial charge in [-0.1, -0.05) is 96.2 Å². The number of oxime groups is 1. The highest BCUT2D eigenvalue weighted by atomic mass is 16.4. The van der Waals surface area contributed by atoms with Crippen molar-refractivity contribution in [2.45, 2.75) is 5.92 Å². The molecule has 0 aliphatic heterocycles. The van der Waals surface area contributed by atoms with Gasteiger partial charge in [-0.15, -0.1) is 0 Å². The molecule has 1 atom stereocenters. The molecule has 0 amide bonds. The van der Waals surface area contributed by atoms with E-state index in [0.717, 1.165) is 22.3 Å². The predicted octanol–water partition coefficient (Wildman–Crippen LogP) is 4.79. The molecule has 0 saturated heterocycles. The quantitative estimate of drug-likeness (QED) is 0.551. The molecule has 3 aromatic carbocycles. The van der Waals surface area contributed by atoms with Crippen LogP contribution >= 0.6 is 0 Å². The molecule has 4 rings (SSSR count). The first-order chi connectivity index (χ1) is 12.8. The second-order valence-electron chi connectivity index (χ2n) is 6.18. The molecule has 0 aromatic heterocycles. The zero-order valence-corrected chi connectivity index (χ0v) is 14.0. The van der Waals surface area contributed by atoms with Crippen LogP contribution in [0.3, 0.4) is 0 Å². The van der Waals surface area contributed by atoms with Crippen molar-refractivity contribution in [1.82, 2.24) is 0 Å². The van der Waals surface area contributed by atoms with Gasteiger partial charge in [0.1, 0.15) is 0 Å². The number of carbonyl (C=O) groups excluding carboxylic acids is 1. The molecule has 1 aliphatic carbocycles. The average molecular weight is 339 g/mol. The third-order valence-corrected chi connectivity index (χ3v) is 4.67. The highest BCUT2D eigenvalue weighted by molar-refractivity contribution is 6.65. The molecule has 0 heterocycles. The van der Waals surface area contributed by atoms with Gasteiger partial charge in [0, 0.05) is 5.57 Å². The molecule has 0 bridgehead atoms. The number of hydrogen-bond donors (Lipinski definition) is 1. The molecule has 3 aromatic rings. The largest absolute Gasteiger partial charge is 0.410 e. The maximum Gasteiger partial charge on any atom is 0.197 e. The van der Waals surface area contributed by atoms with Crippen LogP contribution in [0.1, 0.15) is 22.6 Å². The fourth-order valence-corrected chi connectivity index (χ4v) is 3.55. The molecular weight excluding hydrogens is 322 g/mol. The van der Waals surface area contributed by atoms with Gasteiger partial charge in [-0.3, -0.25) is 4.79 Å². The lowest BCUT2D eigenvalue weighted by molar-refractivity contribution is -0.112. The van der Waals surface area contributed by atoms with Gasteiger partial charge in [0.05, 0.1) is 5.92 Å². The Morgan fingerprint density at radius 3 is 1.73 bits per heavy atom. The van der Waals surface area contributed by atoms with E-state index in [4.69, 9.17) is 0 Å². The van der Waals surface area contributed by atoms with Gasteiger partial charge < -0.3 is 5.21 Å². The molecule has 3 nitrogen and oxygen atoms in total. The first kappa shape index (κ1) is 16.0. The van der Waals surface area contributed by atoms with Crippen molar-refractivity contribution in [3.63, 3.8) is 0 Å². The minimum Gasteiger partial charge on any atom is -0.410 e. The summed E-state index contributed by atoms with van der Waals surface area (Å²) >= 11 is 0. The molecule has 3 heteroatoms. The Kier molecular flexibility index (Phi) is 4.20. The molecular formula is C23H17NO2. The Bertz CT molecular complexity index is 990. The monoisotopic (exact) mass is 339 g/mol. The Hall–Kier alpha value is -3.46. The van der Waals surface area contributed by atoms with Gasteiger partial charge in [0.15, 0.2) is 11.5 Å². The summed E-state index contributed by atoms with van der Waals surface area (Å²) in [6.07, 6.45) is 0. The van der Waals surface area contributed by atoms with Crippen LogP contribution in [0, 0.1) is 0 Å². The number of ketones is 1. The highest BCUT2D eigenvalue weighted by Gasteiger charge is 2.41.